The van der Waals surface area contributed by atoms with Crippen molar-refractivity contribution < 1.29 is 19.0 Å². The molecule has 4 heteroatoms. The predicted molar refractivity (Wildman–Crippen MR) is 85.2 cm³/mol. The number of hydrogen-bond donors (Lipinski definition) is 0. The summed E-state index contributed by atoms with van der Waals surface area (Å²) in [4.78, 5) is 12.4. The van der Waals surface area contributed by atoms with E-state index in [-0.39, 0.29) is 11.9 Å². The average molecular weight is 306 g/mol. The third kappa shape index (κ3) is 3.93. The maximum Gasteiger partial charge on any atom is 0.309 e. The minimum absolute atomic E-state index is 0.0422. The second kappa shape index (κ2) is 7.03. The molecule has 1 saturated carbocycles. The molecular weight excluding hydrogens is 280 g/mol. The van der Waals surface area contributed by atoms with Crippen LogP contribution in [0.4, 0.5) is 0 Å². The summed E-state index contributed by atoms with van der Waals surface area (Å²) in [6.07, 6.45) is 5.34. The second-order valence-corrected chi connectivity index (χ2v) is 6.37. The Morgan fingerprint density at radius 2 is 1.55 bits per heavy atom. The molecule has 4 nitrogen and oxygen atoms in total. The summed E-state index contributed by atoms with van der Waals surface area (Å²) >= 11 is 0. The fourth-order valence-electron chi connectivity index (χ4n) is 2.89. The molecule has 0 aromatic heterocycles. The highest BCUT2D eigenvalue weighted by atomic mass is 16.6. The SMILES string of the molecule is COc1cc(OC)cc(C(C)(C)OC(=O)C2CCCCC2)c1. The summed E-state index contributed by atoms with van der Waals surface area (Å²) in [5.74, 6) is 1.33. The van der Waals surface area contributed by atoms with Crippen LogP contribution in [-0.2, 0) is 15.1 Å². The van der Waals surface area contributed by atoms with Crippen LogP contribution in [0.15, 0.2) is 18.2 Å². The van der Waals surface area contributed by atoms with E-state index in [0.717, 1.165) is 31.2 Å². The third-order valence-corrected chi connectivity index (χ3v) is 4.34. The van der Waals surface area contributed by atoms with E-state index < -0.39 is 5.60 Å². The fourth-order valence-corrected chi connectivity index (χ4v) is 2.89. The van der Waals surface area contributed by atoms with Crippen LogP contribution in [-0.4, -0.2) is 20.2 Å². The van der Waals surface area contributed by atoms with Crippen LogP contribution in [0.25, 0.3) is 0 Å². The largest absolute Gasteiger partial charge is 0.497 e. The van der Waals surface area contributed by atoms with Crippen LogP contribution in [0.3, 0.4) is 0 Å². The van der Waals surface area contributed by atoms with Gasteiger partial charge in [0.2, 0.25) is 0 Å². The summed E-state index contributed by atoms with van der Waals surface area (Å²) in [6, 6.07) is 5.58. The van der Waals surface area contributed by atoms with E-state index in [1.165, 1.54) is 6.42 Å². The van der Waals surface area contributed by atoms with Crippen LogP contribution < -0.4 is 9.47 Å². The first-order chi connectivity index (χ1) is 10.5. The topological polar surface area (TPSA) is 44.8 Å². The van der Waals surface area contributed by atoms with Crippen molar-refractivity contribution in [1.82, 2.24) is 0 Å². The smallest absolute Gasteiger partial charge is 0.309 e. The van der Waals surface area contributed by atoms with Crippen LogP contribution >= 0.6 is 0 Å². The molecule has 0 spiro atoms. The molecular formula is C18H26O4. The summed E-state index contributed by atoms with van der Waals surface area (Å²) in [6.45, 7) is 3.81. The lowest BCUT2D eigenvalue weighted by atomic mass is 9.89. The van der Waals surface area contributed by atoms with Gasteiger partial charge in [-0.25, -0.2) is 0 Å². The molecule has 22 heavy (non-hydrogen) atoms. The Kier molecular flexibility index (Phi) is 5.33. The van der Waals surface area contributed by atoms with Crippen LogP contribution in [0.5, 0.6) is 11.5 Å². The molecule has 122 valence electrons. The van der Waals surface area contributed by atoms with Gasteiger partial charge in [0.25, 0.3) is 0 Å². The molecule has 0 aliphatic heterocycles. The standard InChI is InChI=1S/C18H26O4/c1-18(2,22-17(19)13-8-6-5-7-9-13)14-10-15(20-3)12-16(11-14)21-4/h10-13H,5-9H2,1-4H3. The number of ether oxygens (including phenoxy) is 3. The van der Waals surface area contributed by atoms with Crippen molar-refractivity contribution in [2.45, 2.75) is 51.6 Å². The molecule has 0 radical (unpaired) electrons. The quantitative estimate of drug-likeness (QED) is 0.769. The molecule has 0 saturated heterocycles. The van der Waals surface area contributed by atoms with Crippen molar-refractivity contribution in [3.05, 3.63) is 23.8 Å². The first-order valence-corrected chi connectivity index (χ1v) is 7.92. The number of esters is 1. The first kappa shape index (κ1) is 16.7. The van der Waals surface area contributed by atoms with Gasteiger partial charge in [-0.15, -0.1) is 0 Å². The molecule has 1 aromatic rings. The molecule has 2 rings (SSSR count). The van der Waals surface area contributed by atoms with Gasteiger partial charge in [0.15, 0.2) is 0 Å². The molecule has 0 amide bonds. The number of rotatable bonds is 5. The monoisotopic (exact) mass is 306 g/mol. The van der Waals surface area contributed by atoms with Gasteiger partial charge in [0.1, 0.15) is 17.1 Å². The fraction of sp³-hybridized carbons (Fsp3) is 0.611. The number of carbonyl (C=O) groups is 1. The van der Waals surface area contributed by atoms with E-state index in [4.69, 9.17) is 14.2 Å². The van der Waals surface area contributed by atoms with Gasteiger partial charge in [0, 0.05) is 11.6 Å². The Morgan fingerprint density at radius 3 is 2.05 bits per heavy atom. The average Bonchev–Trinajstić information content (AvgIpc) is 2.54. The number of carbonyl (C=O) groups excluding carboxylic acids is 1. The summed E-state index contributed by atoms with van der Waals surface area (Å²) < 4.78 is 16.4. The van der Waals surface area contributed by atoms with Crippen molar-refractivity contribution in [2.75, 3.05) is 14.2 Å². The molecule has 0 unspecified atom stereocenters. The molecule has 1 aliphatic rings. The Morgan fingerprint density at radius 1 is 1.00 bits per heavy atom. The van der Waals surface area contributed by atoms with Crippen LogP contribution in [0.1, 0.15) is 51.5 Å². The van der Waals surface area contributed by atoms with Gasteiger partial charge >= 0.3 is 5.97 Å². The predicted octanol–water partition coefficient (Wildman–Crippen LogP) is 4.06. The Balaban J connectivity index is 2.16. The Labute approximate surface area is 132 Å². The molecule has 1 fully saturated rings. The molecule has 0 bridgehead atoms. The van der Waals surface area contributed by atoms with Gasteiger partial charge in [-0.1, -0.05) is 19.3 Å². The van der Waals surface area contributed by atoms with Gasteiger partial charge in [-0.05, 0) is 38.8 Å². The summed E-state index contributed by atoms with van der Waals surface area (Å²) in [5.41, 5.74) is 0.156. The van der Waals surface area contributed by atoms with E-state index >= 15 is 0 Å². The van der Waals surface area contributed by atoms with Crippen molar-refractivity contribution >= 4 is 5.97 Å². The molecule has 0 heterocycles. The number of benzene rings is 1. The van der Waals surface area contributed by atoms with Crippen molar-refractivity contribution in [2.24, 2.45) is 5.92 Å². The zero-order chi connectivity index (χ0) is 16.2. The van der Waals surface area contributed by atoms with E-state index in [2.05, 4.69) is 0 Å². The highest BCUT2D eigenvalue weighted by Gasteiger charge is 2.31. The summed E-state index contributed by atoms with van der Waals surface area (Å²) in [5, 5.41) is 0. The normalized spacial score (nSPS) is 16.2. The number of methoxy groups -OCH3 is 2. The summed E-state index contributed by atoms with van der Waals surface area (Å²) in [7, 11) is 3.22. The van der Waals surface area contributed by atoms with E-state index in [0.29, 0.717) is 11.5 Å². The van der Waals surface area contributed by atoms with Gasteiger partial charge in [-0.2, -0.15) is 0 Å². The lowest BCUT2D eigenvalue weighted by Gasteiger charge is -2.30. The highest BCUT2D eigenvalue weighted by Crippen LogP contribution is 2.34. The molecule has 1 aromatic carbocycles. The van der Waals surface area contributed by atoms with Crippen LogP contribution in [0.2, 0.25) is 0 Å². The van der Waals surface area contributed by atoms with Crippen molar-refractivity contribution in [3.8, 4) is 11.5 Å². The molecule has 0 N–H and O–H groups in total. The minimum Gasteiger partial charge on any atom is -0.497 e. The minimum atomic E-state index is -0.712. The molecule has 1 aliphatic carbocycles. The van der Waals surface area contributed by atoms with Gasteiger partial charge in [0.05, 0.1) is 20.1 Å². The number of hydrogen-bond acceptors (Lipinski definition) is 4. The van der Waals surface area contributed by atoms with Gasteiger partial charge < -0.3 is 14.2 Å². The zero-order valence-corrected chi connectivity index (χ0v) is 14.0. The van der Waals surface area contributed by atoms with E-state index in [1.807, 2.05) is 32.0 Å². The maximum atomic E-state index is 12.4. The van der Waals surface area contributed by atoms with Crippen molar-refractivity contribution in [1.29, 1.82) is 0 Å². The van der Waals surface area contributed by atoms with E-state index in [1.54, 1.807) is 14.2 Å². The lowest BCUT2D eigenvalue weighted by molar-refractivity contribution is -0.163. The first-order valence-electron chi connectivity index (χ1n) is 7.92. The highest BCUT2D eigenvalue weighted by molar-refractivity contribution is 5.73. The Hall–Kier alpha value is -1.71. The zero-order valence-electron chi connectivity index (χ0n) is 14.0. The maximum absolute atomic E-state index is 12.4. The third-order valence-electron chi connectivity index (χ3n) is 4.34. The second-order valence-electron chi connectivity index (χ2n) is 6.37. The molecule has 0 atom stereocenters. The Bertz CT molecular complexity index is 494. The van der Waals surface area contributed by atoms with Crippen molar-refractivity contribution in [3.63, 3.8) is 0 Å². The lowest BCUT2D eigenvalue weighted by Crippen LogP contribution is -2.30. The van der Waals surface area contributed by atoms with Crippen LogP contribution in [0, 0.1) is 5.92 Å². The van der Waals surface area contributed by atoms with Gasteiger partial charge in [-0.3, -0.25) is 4.79 Å². The van der Waals surface area contributed by atoms with E-state index in [9.17, 15) is 4.79 Å².